The largest absolute Gasteiger partial charge is 0.380 e. The summed E-state index contributed by atoms with van der Waals surface area (Å²) in [6, 6.07) is 11.8. The quantitative estimate of drug-likeness (QED) is 0.885. The lowest BCUT2D eigenvalue weighted by Gasteiger charge is -2.23. The average Bonchev–Trinajstić information content (AvgIpc) is 2.66. The molecule has 0 saturated carbocycles. The summed E-state index contributed by atoms with van der Waals surface area (Å²) >= 11 is 5.11. The third-order valence-electron chi connectivity index (χ3n) is 2.62. The van der Waals surface area contributed by atoms with Crippen molar-refractivity contribution in [3.05, 3.63) is 56.2 Å². The molecule has 1 heterocycles. The van der Waals surface area contributed by atoms with E-state index in [4.69, 9.17) is 0 Å². The van der Waals surface area contributed by atoms with Gasteiger partial charge in [0.25, 0.3) is 0 Å². The number of aliphatic hydroxyl groups is 1. The lowest BCUT2D eigenvalue weighted by atomic mass is 9.94. The van der Waals surface area contributed by atoms with Crippen LogP contribution in [-0.4, -0.2) is 5.11 Å². The Morgan fingerprint density at radius 3 is 2.44 bits per heavy atom. The maximum absolute atomic E-state index is 10.6. The van der Waals surface area contributed by atoms with Crippen molar-refractivity contribution in [3.63, 3.8) is 0 Å². The Hall–Kier alpha value is -0.640. The molecule has 0 aliphatic heterocycles. The van der Waals surface area contributed by atoms with Crippen LogP contribution in [0.4, 0.5) is 0 Å². The standard InChI is InChI=1S/C13H13BrOS/c1-9-7-8-12(16-9)13(2,15)10-5-3-4-6-11(10)14/h3-8,15H,1-2H3. The minimum Gasteiger partial charge on any atom is -0.380 e. The zero-order valence-electron chi connectivity index (χ0n) is 9.20. The number of benzene rings is 1. The first-order chi connectivity index (χ1) is 7.51. The van der Waals surface area contributed by atoms with Crippen molar-refractivity contribution in [2.75, 3.05) is 0 Å². The van der Waals surface area contributed by atoms with Gasteiger partial charge in [0.2, 0.25) is 0 Å². The van der Waals surface area contributed by atoms with Gasteiger partial charge >= 0.3 is 0 Å². The van der Waals surface area contributed by atoms with Gasteiger partial charge in [-0.25, -0.2) is 0 Å². The van der Waals surface area contributed by atoms with Crippen LogP contribution in [0.25, 0.3) is 0 Å². The van der Waals surface area contributed by atoms with Crippen molar-refractivity contribution in [1.29, 1.82) is 0 Å². The second kappa shape index (κ2) is 4.32. The molecule has 1 nitrogen and oxygen atoms in total. The summed E-state index contributed by atoms with van der Waals surface area (Å²) in [6.45, 7) is 3.88. The van der Waals surface area contributed by atoms with Crippen LogP contribution in [-0.2, 0) is 5.60 Å². The zero-order valence-corrected chi connectivity index (χ0v) is 11.6. The van der Waals surface area contributed by atoms with Gasteiger partial charge in [0, 0.05) is 19.8 Å². The lowest BCUT2D eigenvalue weighted by molar-refractivity contribution is 0.105. The van der Waals surface area contributed by atoms with Crippen LogP contribution in [0.2, 0.25) is 0 Å². The Morgan fingerprint density at radius 2 is 1.88 bits per heavy atom. The van der Waals surface area contributed by atoms with E-state index in [-0.39, 0.29) is 0 Å². The fourth-order valence-corrected chi connectivity index (χ4v) is 3.28. The third kappa shape index (κ3) is 2.08. The maximum Gasteiger partial charge on any atom is 0.122 e. The van der Waals surface area contributed by atoms with E-state index in [1.54, 1.807) is 11.3 Å². The summed E-state index contributed by atoms with van der Waals surface area (Å²) in [5, 5.41) is 10.6. The van der Waals surface area contributed by atoms with Gasteiger partial charge in [-0.05, 0) is 32.0 Å². The van der Waals surface area contributed by atoms with E-state index in [1.165, 1.54) is 4.88 Å². The second-order valence-electron chi connectivity index (χ2n) is 3.96. The molecule has 2 aromatic rings. The van der Waals surface area contributed by atoms with Crippen LogP contribution in [0, 0.1) is 6.92 Å². The smallest absolute Gasteiger partial charge is 0.122 e. The number of hydrogen-bond acceptors (Lipinski definition) is 2. The molecule has 1 unspecified atom stereocenters. The Kier molecular flexibility index (Phi) is 3.19. The molecule has 0 fully saturated rings. The van der Waals surface area contributed by atoms with Crippen molar-refractivity contribution in [1.82, 2.24) is 0 Å². The van der Waals surface area contributed by atoms with Gasteiger partial charge in [-0.3, -0.25) is 0 Å². The van der Waals surface area contributed by atoms with E-state index in [1.807, 2.05) is 50.2 Å². The monoisotopic (exact) mass is 296 g/mol. The highest BCUT2D eigenvalue weighted by Gasteiger charge is 2.28. The number of aryl methyl sites for hydroxylation is 1. The predicted molar refractivity (Wildman–Crippen MR) is 71.9 cm³/mol. The molecule has 2 rings (SSSR count). The summed E-state index contributed by atoms with van der Waals surface area (Å²) in [4.78, 5) is 2.18. The van der Waals surface area contributed by atoms with Gasteiger partial charge in [-0.1, -0.05) is 34.1 Å². The van der Waals surface area contributed by atoms with Crippen LogP contribution in [0.15, 0.2) is 40.9 Å². The van der Waals surface area contributed by atoms with Gasteiger partial charge in [0.05, 0.1) is 0 Å². The van der Waals surface area contributed by atoms with E-state index >= 15 is 0 Å². The fraction of sp³-hybridized carbons (Fsp3) is 0.231. The summed E-state index contributed by atoms with van der Waals surface area (Å²) in [5.41, 5.74) is -0.0317. The zero-order chi connectivity index (χ0) is 11.8. The molecule has 3 heteroatoms. The molecule has 0 spiro atoms. The average molecular weight is 297 g/mol. The predicted octanol–water partition coefficient (Wildman–Crippen LogP) is 4.07. The minimum atomic E-state index is -0.932. The molecule has 0 aliphatic rings. The van der Waals surface area contributed by atoms with E-state index in [9.17, 15) is 5.11 Å². The molecule has 0 bridgehead atoms. The van der Waals surface area contributed by atoms with Crippen LogP contribution in [0.1, 0.15) is 22.2 Å². The number of thiophene rings is 1. The van der Waals surface area contributed by atoms with Crippen molar-refractivity contribution in [2.24, 2.45) is 0 Å². The van der Waals surface area contributed by atoms with Crippen LogP contribution in [0.3, 0.4) is 0 Å². The molecule has 1 N–H and O–H groups in total. The van der Waals surface area contributed by atoms with Crippen molar-refractivity contribution in [3.8, 4) is 0 Å². The molecular formula is C13H13BrOS. The number of rotatable bonds is 2. The minimum absolute atomic E-state index is 0.900. The maximum atomic E-state index is 10.6. The van der Waals surface area contributed by atoms with Crippen molar-refractivity contribution in [2.45, 2.75) is 19.4 Å². The molecule has 1 atom stereocenters. The molecule has 16 heavy (non-hydrogen) atoms. The molecular weight excluding hydrogens is 284 g/mol. The topological polar surface area (TPSA) is 20.2 Å². The second-order valence-corrected chi connectivity index (χ2v) is 6.10. The van der Waals surface area contributed by atoms with Crippen LogP contribution < -0.4 is 0 Å². The van der Waals surface area contributed by atoms with E-state index in [2.05, 4.69) is 15.9 Å². The Labute approximate surface area is 108 Å². The lowest BCUT2D eigenvalue weighted by Crippen LogP contribution is -2.21. The first-order valence-corrected chi connectivity index (χ1v) is 6.67. The number of halogens is 1. The van der Waals surface area contributed by atoms with Gasteiger partial charge < -0.3 is 5.11 Å². The first-order valence-electron chi connectivity index (χ1n) is 5.06. The number of hydrogen-bond donors (Lipinski definition) is 1. The van der Waals surface area contributed by atoms with Crippen LogP contribution in [0.5, 0.6) is 0 Å². The Morgan fingerprint density at radius 1 is 1.19 bits per heavy atom. The molecule has 84 valence electrons. The SMILES string of the molecule is Cc1ccc(C(C)(O)c2ccccc2Br)s1. The Bertz CT molecular complexity index is 502. The van der Waals surface area contributed by atoms with Gasteiger partial charge in [0.15, 0.2) is 0 Å². The highest BCUT2D eigenvalue weighted by atomic mass is 79.9. The molecule has 0 aliphatic carbocycles. The van der Waals surface area contributed by atoms with Gasteiger partial charge in [-0.15, -0.1) is 11.3 Å². The fourth-order valence-electron chi connectivity index (χ4n) is 1.68. The van der Waals surface area contributed by atoms with Crippen molar-refractivity contribution >= 4 is 27.3 Å². The first kappa shape index (κ1) is 11.8. The normalized spacial score (nSPS) is 14.8. The van der Waals surface area contributed by atoms with Crippen molar-refractivity contribution < 1.29 is 5.11 Å². The molecule has 0 saturated heterocycles. The Balaban J connectivity index is 2.50. The summed E-state index contributed by atoms with van der Waals surface area (Å²) in [6.07, 6.45) is 0. The van der Waals surface area contributed by atoms with Gasteiger partial charge in [-0.2, -0.15) is 0 Å². The van der Waals surface area contributed by atoms with E-state index in [0.717, 1.165) is 14.9 Å². The highest BCUT2D eigenvalue weighted by Crippen LogP contribution is 2.37. The third-order valence-corrected chi connectivity index (χ3v) is 4.52. The highest BCUT2D eigenvalue weighted by molar-refractivity contribution is 9.10. The van der Waals surface area contributed by atoms with Crippen LogP contribution >= 0.6 is 27.3 Å². The molecule has 1 aromatic carbocycles. The summed E-state index contributed by atoms with van der Waals surface area (Å²) < 4.78 is 0.936. The molecule has 0 amide bonds. The van der Waals surface area contributed by atoms with E-state index < -0.39 is 5.60 Å². The molecule has 1 aromatic heterocycles. The van der Waals surface area contributed by atoms with Gasteiger partial charge in [0.1, 0.15) is 5.60 Å². The summed E-state index contributed by atoms with van der Waals surface area (Å²) in [7, 11) is 0. The summed E-state index contributed by atoms with van der Waals surface area (Å²) in [5.74, 6) is 0. The molecule has 0 radical (unpaired) electrons. The van der Waals surface area contributed by atoms with E-state index in [0.29, 0.717) is 0 Å².